The summed E-state index contributed by atoms with van der Waals surface area (Å²) in [6.45, 7) is 0. The Morgan fingerprint density at radius 1 is 0.852 bits per heavy atom. The number of amides is 2. The van der Waals surface area contributed by atoms with Gasteiger partial charge in [-0.2, -0.15) is 0 Å². The molecule has 27 heavy (non-hydrogen) atoms. The van der Waals surface area contributed by atoms with Crippen LogP contribution in [0.3, 0.4) is 0 Å². The summed E-state index contributed by atoms with van der Waals surface area (Å²) in [5.41, 5.74) is 1.62. The molecule has 3 aromatic rings. The van der Waals surface area contributed by atoms with Crippen molar-refractivity contribution in [1.82, 2.24) is 5.06 Å². The maximum absolute atomic E-state index is 12.6. The van der Waals surface area contributed by atoms with E-state index in [2.05, 4.69) is 0 Å². The van der Waals surface area contributed by atoms with Crippen LogP contribution in [0.15, 0.2) is 66.7 Å². The predicted octanol–water partition coefficient (Wildman–Crippen LogP) is 3.70. The van der Waals surface area contributed by atoms with Crippen molar-refractivity contribution in [2.45, 2.75) is 12.3 Å². The van der Waals surface area contributed by atoms with Gasteiger partial charge < -0.3 is 4.84 Å². The van der Waals surface area contributed by atoms with Crippen LogP contribution in [-0.4, -0.2) is 22.8 Å². The van der Waals surface area contributed by atoms with E-state index in [0.717, 1.165) is 16.3 Å². The molecule has 0 radical (unpaired) electrons. The minimum Gasteiger partial charge on any atom is -0.329 e. The number of nitrogens with zero attached hydrogens (tertiary/aromatic N) is 1. The normalized spacial score (nSPS) is 20.7. The Kier molecular flexibility index (Phi) is 3.37. The molecule has 0 spiro atoms. The fourth-order valence-electron chi connectivity index (χ4n) is 3.78. The number of carbonyl (C=O) groups is 3. The minimum atomic E-state index is -0.591. The molecule has 5 nitrogen and oxygen atoms in total. The lowest BCUT2D eigenvalue weighted by Gasteiger charge is -2.13. The Morgan fingerprint density at radius 2 is 1.48 bits per heavy atom. The molecule has 5 heteroatoms. The summed E-state index contributed by atoms with van der Waals surface area (Å²) in [6, 6.07) is 20.5. The van der Waals surface area contributed by atoms with Crippen LogP contribution < -0.4 is 0 Å². The second-order valence-corrected chi connectivity index (χ2v) is 6.88. The molecule has 1 heterocycles. The molecule has 5 rings (SSSR count). The predicted molar refractivity (Wildman–Crippen MR) is 97.8 cm³/mol. The van der Waals surface area contributed by atoms with Crippen molar-refractivity contribution < 1.29 is 19.2 Å². The van der Waals surface area contributed by atoms with E-state index < -0.39 is 17.8 Å². The van der Waals surface area contributed by atoms with Gasteiger partial charge in [-0.1, -0.05) is 59.7 Å². The van der Waals surface area contributed by atoms with Crippen LogP contribution in [0.1, 0.15) is 38.6 Å². The zero-order valence-electron chi connectivity index (χ0n) is 14.3. The Balaban J connectivity index is 1.35. The average molecular weight is 357 g/mol. The van der Waals surface area contributed by atoms with E-state index >= 15 is 0 Å². The van der Waals surface area contributed by atoms with Gasteiger partial charge in [0.2, 0.25) is 0 Å². The number of hydrogen-bond acceptors (Lipinski definition) is 4. The lowest BCUT2D eigenvalue weighted by Crippen LogP contribution is -2.33. The second kappa shape index (κ2) is 5.77. The van der Waals surface area contributed by atoms with Gasteiger partial charge >= 0.3 is 5.97 Å². The van der Waals surface area contributed by atoms with Crippen molar-refractivity contribution >= 4 is 28.6 Å². The van der Waals surface area contributed by atoms with Gasteiger partial charge in [0.1, 0.15) is 0 Å². The fourth-order valence-corrected chi connectivity index (χ4v) is 3.78. The highest BCUT2D eigenvalue weighted by atomic mass is 16.7. The molecule has 2 aliphatic rings. The first-order valence-corrected chi connectivity index (χ1v) is 8.82. The van der Waals surface area contributed by atoms with Crippen molar-refractivity contribution in [1.29, 1.82) is 0 Å². The fraction of sp³-hybridized carbons (Fsp3) is 0.136. The lowest BCUT2D eigenvalue weighted by molar-refractivity contribution is -0.170. The van der Waals surface area contributed by atoms with Crippen LogP contribution in [0.2, 0.25) is 0 Å². The number of benzene rings is 3. The quantitative estimate of drug-likeness (QED) is 0.671. The highest BCUT2D eigenvalue weighted by Crippen LogP contribution is 2.50. The third-order valence-corrected chi connectivity index (χ3v) is 5.25. The monoisotopic (exact) mass is 357 g/mol. The molecule has 2 amide bonds. The molecule has 0 unspecified atom stereocenters. The molecule has 1 aliphatic heterocycles. The Labute approximate surface area is 155 Å². The molecule has 1 aliphatic carbocycles. The molecule has 1 saturated carbocycles. The highest BCUT2D eigenvalue weighted by Gasteiger charge is 2.48. The summed E-state index contributed by atoms with van der Waals surface area (Å²) >= 11 is 0. The van der Waals surface area contributed by atoms with Crippen LogP contribution in [0, 0.1) is 5.92 Å². The first-order valence-electron chi connectivity index (χ1n) is 8.82. The van der Waals surface area contributed by atoms with Crippen molar-refractivity contribution in [2.24, 2.45) is 5.92 Å². The molecule has 2 atom stereocenters. The summed E-state index contributed by atoms with van der Waals surface area (Å²) < 4.78 is 0. The van der Waals surface area contributed by atoms with E-state index in [4.69, 9.17) is 4.84 Å². The number of hydroxylamine groups is 2. The average Bonchev–Trinajstić information content (AvgIpc) is 3.47. The van der Waals surface area contributed by atoms with Crippen molar-refractivity contribution in [2.75, 3.05) is 0 Å². The van der Waals surface area contributed by atoms with Gasteiger partial charge in [-0.05, 0) is 40.8 Å². The molecule has 0 aromatic heterocycles. The van der Waals surface area contributed by atoms with Crippen LogP contribution in [0.5, 0.6) is 0 Å². The van der Waals surface area contributed by atoms with Crippen molar-refractivity contribution in [3.8, 4) is 0 Å². The topological polar surface area (TPSA) is 63.7 Å². The van der Waals surface area contributed by atoms with E-state index in [9.17, 15) is 14.4 Å². The Morgan fingerprint density at radius 3 is 2.22 bits per heavy atom. The van der Waals surface area contributed by atoms with Crippen LogP contribution in [0.4, 0.5) is 0 Å². The van der Waals surface area contributed by atoms with Crippen LogP contribution >= 0.6 is 0 Å². The molecule has 132 valence electrons. The Bertz CT molecular complexity index is 1080. The number of fused-ring (bicyclic) bond motifs is 2. The standard InChI is InChI=1S/C22H15NO4/c24-20-16-9-3-4-10-17(16)21(25)23(20)27-22(26)19-12-18(19)15-11-5-7-13-6-1-2-8-14(13)15/h1-11,18-19H,12H2/t18-,19+/m0/s1. The molecule has 0 bridgehead atoms. The van der Waals surface area contributed by atoms with Gasteiger partial charge in [0.05, 0.1) is 17.0 Å². The minimum absolute atomic E-state index is 0.0405. The third-order valence-electron chi connectivity index (χ3n) is 5.25. The maximum Gasteiger partial charge on any atom is 0.336 e. The first kappa shape index (κ1) is 15.8. The first-order chi connectivity index (χ1) is 13.1. The van der Waals surface area contributed by atoms with Gasteiger partial charge in [-0.15, -0.1) is 0 Å². The molecular formula is C22H15NO4. The van der Waals surface area contributed by atoms with E-state index in [1.807, 2.05) is 42.5 Å². The zero-order chi connectivity index (χ0) is 18.5. The summed E-state index contributed by atoms with van der Waals surface area (Å²) in [6.07, 6.45) is 0.649. The van der Waals surface area contributed by atoms with Gasteiger partial charge in [0.15, 0.2) is 0 Å². The van der Waals surface area contributed by atoms with Gasteiger partial charge in [-0.3, -0.25) is 9.59 Å². The molecule has 1 fully saturated rings. The van der Waals surface area contributed by atoms with E-state index in [-0.39, 0.29) is 23.0 Å². The van der Waals surface area contributed by atoms with Gasteiger partial charge in [-0.25, -0.2) is 4.79 Å². The smallest absolute Gasteiger partial charge is 0.329 e. The van der Waals surface area contributed by atoms with Crippen LogP contribution in [0.25, 0.3) is 10.8 Å². The number of carbonyl (C=O) groups excluding carboxylic acids is 3. The van der Waals surface area contributed by atoms with Gasteiger partial charge in [0.25, 0.3) is 11.8 Å². The zero-order valence-corrected chi connectivity index (χ0v) is 14.3. The maximum atomic E-state index is 12.6. The van der Waals surface area contributed by atoms with Crippen LogP contribution in [-0.2, 0) is 9.63 Å². The summed E-state index contributed by atoms with van der Waals surface area (Å²) in [7, 11) is 0. The number of hydrogen-bond donors (Lipinski definition) is 0. The molecule has 0 N–H and O–H groups in total. The summed E-state index contributed by atoms with van der Waals surface area (Å²) in [5, 5.41) is 2.82. The Hall–Kier alpha value is -3.47. The highest BCUT2D eigenvalue weighted by molar-refractivity contribution is 6.20. The van der Waals surface area contributed by atoms with E-state index in [1.165, 1.54) is 0 Å². The SMILES string of the molecule is O=C(ON1C(=O)c2ccccc2C1=O)[C@@H]1C[C@H]1c1cccc2ccccc12. The lowest BCUT2D eigenvalue weighted by atomic mass is 10.0. The van der Waals surface area contributed by atoms with Gasteiger partial charge in [0, 0.05) is 0 Å². The van der Waals surface area contributed by atoms with E-state index in [1.54, 1.807) is 24.3 Å². The summed E-state index contributed by atoms with van der Waals surface area (Å²) in [5.74, 6) is -2.03. The number of imide groups is 1. The van der Waals surface area contributed by atoms with E-state index in [0.29, 0.717) is 11.5 Å². The number of rotatable bonds is 3. The summed E-state index contributed by atoms with van der Waals surface area (Å²) in [4.78, 5) is 42.4. The second-order valence-electron chi connectivity index (χ2n) is 6.88. The van der Waals surface area contributed by atoms with Crippen molar-refractivity contribution in [3.63, 3.8) is 0 Å². The van der Waals surface area contributed by atoms with Crippen molar-refractivity contribution in [3.05, 3.63) is 83.4 Å². The molecule has 3 aromatic carbocycles. The third kappa shape index (κ3) is 2.43. The molecule has 0 saturated heterocycles. The largest absolute Gasteiger partial charge is 0.336 e. The molecular weight excluding hydrogens is 342 g/mol.